The second kappa shape index (κ2) is 8.32. The Morgan fingerprint density at radius 3 is 2.39 bits per heavy atom. The number of likely N-dealkylation sites (N-methyl/N-ethyl adjacent to an activating group) is 1. The van der Waals surface area contributed by atoms with E-state index in [1.54, 1.807) is 31.2 Å². The molecule has 0 bridgehead atoms. The molecule has 0 saturated carbocycles. The minimum atomic E-state index is -3.93. The first-order chi connectivity index (χ1) is 13.3. The van der Waals surface area contributed by atoms with Crippen LogP contribution in [0.25, 0.3) is 0 Å². The lowest BCUT2D eigenvalue weighted by atomic mass is 10.2. The van der Waals surface area contributed by atoms with Crippen LogP contribution in [0.1, 0.15) is 27.9 Å². The number of carbonyl (C=O) groups excluding carboxylic acids is 1. The fourth-order valence-corrected chi connectivity index (χ4v) is 4.48. The predicted octanol–water partition coefficient (Wildman–Crippen LogP) is 2.85. The van der Waals surface area contributed by atoms with Gasteiger partial charge in [-0.3, -0.25) is 4.79 Å². The second-order valence-corrected chi connectivity index (χ2v) is 8.79. The average Bonchev–Trinajstić information content (AvgIpc) is 2.88. The molecule has 1 saturated heterocycles. The number of carbonyl (C=O) groups is 1. The topological polar surface area (TPSA) is 66.9 Å². The maximum absolute atomic E-state index is 12.7. The number of benzene rings is 2. The molecule has 2 aromatic carbocycles. The lowest BCUT2D eigenvalue weighted by Crippen LogP contribution is -2.34. The highest BCUT2D eigenvalue weighted by atomic mass is 32.2. The van der Waals surface area contributed by atoms with Crippen LogP contribution >= 0.6 is 0 Å². The van der Waals surface area contributed by atoms with Crippen molar-refractivity contribution in [2.24, 2.45) is 0 Å². The molecule has 0 radical (unpaired) electrons. The quantitative estimate of drug-likeness (QED) is 0.736. The summed E-state index contributed by atoms with van der Waals surface area (Å²) in [5.74, 6) is 0.146. The van der Waals surface area contributed by atoms with E-state index in [0.29, 0.717) is 17.7 Å². The van der Waals surface area contributed by atoms with Crippen LogP contribution in [0.3, 0.4) is 0 Å². The minimum Gasteiger partial charge on any atom is -0.379 e. The van der Waals surface area contributed by atoms with E-state index in [2.05, 4.69) is 11.9 Å². The van der Waals surface area contributed by atoms with Gasteiger partial charge in [0, 0.05) is 25.2 Å². The van der Waals surface area contributed by atoms with Gasteiger partial charge in [-0.1, -0.05) is 12.1 Å². The molecule has 3 rings (SSSR count). The van der Waals surface area contributed by atoms with Crippen LogP contribution in [0.5, 0.6) is 5.75 Å². The Labute approximate surface area is 166 Å². The Morgan fingerprint density at radius 1 is 0.964 bits per heavy atom. The molecule has 0 aromatic heterocycles. The summed E-state index contributed by atoms with van der Waals surface area (Å²) in [4.78, 5) is 16.9. The van der Waals surface area contributed by atoms with Gasteiger partial charge in [-0.25, -0.2) is 0 Å². The van der Waals surface area contributed by atoms with Gasteiger partial charge in [0.15, 0.2) is 0 Å². The van der Waals surface area contributed by atoms with Crippen LogP contribution in [0.15, 0.2) is 47.4 Å². The van der Waals surface area contributed by atoms with Gasteiger partial charge < -0.3 is 14.0 Å². The first kappa shape index (κ1) is 20.4. The number of nitrogens with zero attached hydrogens (tertiary/aromatic N) is 2. The van der Waals surface area contributed by atoms with E-state index in [4.69, 9.17) is 4.18 Å². The summed E-state index contributed by atoms with van der Waals surface area (Å²) in [6, 6.07) is 11.5. The standard InChI is InChI=1S/C21H26N2O4S/c1-16-5-6-17(2)20(15-16)28(25,26)27-19-9-7-18(8-10-19)21(24)23-12-4-11-22(3)13-14-23/h5-10,15H,4,11-14H2,1-3H3. The van der Waals surface area contributed by atoms with Crippen molar-refractivity contribution >= 4 is 16.0 Å². The monoisotopic (exact) mass is 402 g/mol. The smallest absolute Gasteiger partial charge is 0.339 e. The van der Waals surface area contributed by atoms with Gasteiger partial charge in [-0.15, -0.1) is 0 Å². The highest BCUT2D eigenvalue weighted by Crippen LogP contribution is 2.23. The summed E-state index contributed by atoms with van der Waals surface area (Å²) in [6.45, 7) is 6.81. The van der Waals surface area contributed by atoms with Crippen LogP contribution in [-0.2, 0) is 10.1 Å². The van der Waals surface area contributed by atoms with Crippen molar-refractivity contribution < 1.29 is 17.4 Å². The molecule has 0 N–H and O–H groups in total. The average molecular weight is 403 g/mol. The molecule has 1 aliphatic rings. The number of amides is 1. The van der Waals surface area contributed by atoms with E-state index in [9.17, 15) is 13.2 Å². The van der Waals surface area contributed by atoms with Gasteiger partial charge >= 0.3 is 10.1 Å². The van der Waals surface area contributed by atoms with Crippen LogP contribution in [-0.4, -0.2) is 57.4 Å². The van der Waals surface area contributed by atoms with E-state index >= 15 is 0 Å². The molecule has 28 heavy (non-hydrogen) atoms. The van der Waals surface area contributed by atoms with E-state index in [1.807, 2.05) is 17.9 Å². The van der Waals surface area contributed by atoms with Crippen molar-refractivity contribution in [3.05, 3.63) is 59.2 Å². The number of hydrogen-bond acceptors (Lipinski definition) is 5. The maximum Gasteiger partial charge on any atom is 0.339 e. The van der Waals surface area contributed by atoms with Crippen LogP contribution in [0.2, 0.25) is 0 Å². The SMILES string of the molecule is Cc1ccc(C)c(S(=O)(=O)Oc2ccc(C(=O)N3CCCN(C)CC3)cc2)c1. The van der Waals surface area contributed by atoms with Gasteiger partial charge in [0.05, 0.1) is 0 Å². The largest absolute Gasteiger partial charge is 0.379 e. The van der Waals surface area contributed by atoms with Crippen molar-refractivity contribution in [1.82, 2.24) is 9.80 Å². The predicted molar refractivity (Wildman–Crippen MR) is 108 cm³/mol. The highest BCUT2D eigenvalue weighted by molar-refractivity contribution is 7.87. The van der Waals surface area contributed by atoms with E-state index in [1.165, 1.54) is 12.1 Å². The summed E-state index contributed by atoms with van der Waals surface area (Å²) >= 11 is 0. The highest BCUT2D eigenvalue weighted by Gasteiger charge is 2.21. The second-order valence-electron chi connectivity index (χ2n) is 7.28. The van der Waals surface area contributed by atoms with E-state index in [0.717, 1.165) is 31.6 Å². The molecule has 0 spiro atoms. The Kier molecular flexibility index (Phi) is 6.05. The fraction of sp³-hybridized carbons (Fsp3) is 0.381. The fourth-order valence-electron chi connectivity index (χ4n) is 3.23. The molecule has 0 aliphatic carbocycles. The lowest BCUT2D eigenvalue weighted by Gasteiger charge is -2.20. The van der Waals surface area contributed by atoms with Crippen molar-refractivity contribution in [2.45, 2.75) is 25.2 Å². The molecular weight excluding hydrogens is 376 g/mol. The van der Waals surface area contributed by atoms with Crippen molar-refractivity contribution in [2.75, 3.05) is 33.2 Å². The van der Waals surface area contributed by atoms with E-state index in [-0.39, 0.29) is 16.6 Å². The molecule has 0 unspecified atom stereocenters. The van der Waals surface area contributed by atoms with Crippen molar-refractivity contribution in [3.8, 4) is 5.75 Å². The van der Waals surface area contributed by atoms with Gasteiger partial charge in [-0.2, -0.15) is 8.42 Å². The molecule has 1 fully saturated rings. The van der Waals surface area contributed by atoms with Crippen molar-refractivity contribution in [3.63, 3.8) is 0 Å². The number of hydrogen-bond donors (Lipinski definition) is 0. The molecule has 1 aliphatic heterocycles. The van der Waals surface area contributed by atoms with Gasteiger partial charge in [0.1, 0.15) is 10.6 Å². The third-order valence-electron chi connectivity index (χ3n) is 4.93. The molecule has 150 valence electrons. The Hall–Kier alpha value is -2.38. The van der Waals surface area contributed by atoms with Crippen molar-refractivity contribution in [1.29, 1.82) is 0 Å². The molecule has 1 heterocycles. The molecule has 6 nitrogen and oxygen atoms in total. The van der Waals surface area contributed by atoms with Gasteiger partial charge in [-0.05, 0) is 75.3 Å². The first-order valence-electron chi connectivity index (χ1n) is 9.36. The normalized spacial score (nSPS) is 15.9. The number of rotatable bonds is 4. The molecular formula is C21H26N2O4S. The van der Waals surface area contributed by atoms with Crippen LogP contribution in [0.4, 0.5) is 0 Å². The lowest BCUT2D eigenvalue weighted by molar-refractivity contribution is 0.0763. The molecule has 7 heteroatoms. The zero-order chi connectivity index (χ0) is 20.3. The first-order valence-corrected chi connectivity index (χ1v) is 10.8. The third kappa shape index (κ3) is 4.72. The van der Waals surface area contributed by atoms with Crippen LogP contribution in [0, 0.1) is 13.8 Å². The third-order valence-corrected chi connectivity index (χ3v) is 6.32. The summed E-state index contributed by atoms with van der Waals surface area (Å²) in [6.07, 6.45) is 0.942. The maximum atomic E-state index is 12.7. The molecule has 0 atom stereocenters. The Morgan fingerprint density at radius 2 is 1.68 bits per heavy atom. The minimum absolute atomic E-state index is 0.0424. The van der Waals surface area contributed by atoms with Gasteiger partial charge in [0.25, 0.3) is 5.91 Å². The molecule has 2 aromatic rings. The Bertz CT molecular complexity index is 955. The Balaban J connectivity index is 1.73. The summed E-state index contributed by atoms with van der Waals surface area (Å²) < 4.78 is 30.5. The van der Waals surface area contributed by atoms with E-state index < -0.39 is 10.1 Å². The summed E-state index contributed by atoms with van der Waals surface area (Å²) in [7, 11) is -1.88. The summed E-state index contributed by atoms with van der Waals surface area (Å²) in [5.41, 5.74) is 2.00. The number of aryl methyl sites for hydroxylation is 2. The zero-order valence-electron chi connectivity index (χ0n) is 16.5. The summed E-state index contributed by atoms with van der Waals surface area (Å²) in [5, 5.41) is 0. The zero-order valence-corrected chi connectivity index (χ0v) is 17.3. The molecule has 1 amide bonds. The van der Waals surface area contributed by atoms with Crippen LogP contribution < -0.4 is 4.18 Å². The van der Waals surface area contributed by atoms with Gasteiger partial charge in [0.2, 0.25) is 0 Å².